The highest BCUT2D eigenvalue weighted by Crippen LogP contribution is 2.24. The van der Waals surface area contributed by atoms with Crippen molar-refractivity contribution in [3.8, 4) is 0 Å². The monoisotopic (exact) mass is 231 g/mol. The van der Waals surface area contributed by atoms with Crippen molar-refractivity contribution >= 4 is 11.6 Å². The molecule has 1 rings (SSSR count). The molecule has 0 aliphatic carbocycles. The van der Waals surface area contributed by atoms with Gasteiger partial charge in [0.2, 0.25) is 0 Å². The van der Waals surface area contributed by atoms with Gasteiger partial charge in [-0.25, -0.2) is 0 Å². The molecule has 15 heavy (non-hydrogen) atoms. The molecule has 2 atom stereocenters. The third-order valence-electron chi connectivity index (χ3n) is 2.46. The summed E-state index contributed by atoms with van der Waals surface area (Å²) < 4.78 is 7.05. The number of rotatable bonds is 5. The molecule has 2 N–H and O–H groups in total. The molecule has 0 bridgehead atoms. The predicted molar refractivity (Wildman–Crippen MR) is 60.9 cm³/mol. The molecule has 0 aliphatic rings. The van der Waals surface area contributed by atoms with Gasteiger partial charge in [-0.3, -0.25) is 4.68 Å². The van der Waals surface area contributed by atoms with Crippen LogP contribution in [0.2, 0.25) is 5.02 Å². The second-order valence-electron chi connectivity index (χ2n) is 3.57. The van der Waals surface area contributed by atoms with Gasteiger partial charge in [0.15, 0.2) is 0 Å². The van der Waals surface area contributed by atoms with Gasteiger partial charge < -0.3 is 10.5 Å². The van der Waals surface area contributed by atoms with E-state index in [4.69, 9.17) is 22.1 Å². The van der Waals surface area contributed by atoms with Gasteiger partial charge in [-0.15, -0.1) is 0 Å². The van der Waals surface area contributed by atoms with Crippen LogP contribution in [0.1, 0.15) is 32.0 Å². The number of aryl methyl sites for hydroxylation is 1. The van der Waals surface area contributed by atoms with E-state index in [9.17, 15) is 0 Å². The van der Waals surface area contributed by atoms with E-state index < -0.39 is 0 Å². The van der Waals surface area contributed by atoms with E-state index in [0.717, 1.165) is 18.7 Å². The Balaban J connectivity index is 2.94. The van der Waals surface area contributed by atoms with Crippen molar-refractivity contribution in [3.63, 3.8) is 0 Å². The van der Waals surface area contributed by atoms with Gasteiger partial charge in [0.1, 0.15) is 0 Å². The minimum Gasteiger partial charge on any atom is -0.380 e. The lowest BCUT2D eigenvalue weighted by molar-refractivity contribution is 0.0929. The zero-order valence-corrected chi connectivity index (χ0v) is 10.2. The molecular formula is C10H18ClN3O. The Bertz CT molecular complexity index is 314. The van der Waals surface area contributed by atoms with Gasteiger partial charge >= 0.3 is 0 Å². The first-order chi connectivity index (χ1) is 7.11. The van der Waals surface area contributed by atoms with E-state index in [1.165, 1.54) is 0 Å². The van der Waals surface area contributed by atoms with Crippen molar-refractivity contribution in [1.82, 2.24) is 9.78 Å². The van der Waals surface area contributed by atoms with Gasteiger partial charge in [-0.1, -0.05) is 18.5 Å². The van der Waals surface area contributed by atoms with Crippen LogP contribution in [-0.2, 0) is 11.3 Å². The van der Waals surface area contributed by atoms with Gasteiger partial charge in [0, 0.05) is 13.7 Å². The van der Waals surface area contributed by atoms with E-state index in [2.05, 4.69) is 12.0 Å². The number of methoxy groups -OCH3 is 1. The predicted octanol–water partition coefficient (Wildman–Crippen LogP) is 1.98. The molecule has 4 nitrogen and oxygen atoms in total. The third-order valence-corrected chi connectivity index (χ3v) is 2.75. The summed E-state index contributed by atoms with van der Waals surface area (Å²) in [6.45, 7) is 4.83. The van der Waals surface area contributed by atoms with E-state index in [1.807, 2.05) is 11.6 Å². The van der Waals surface area contributed by atoms with E-state index in [-0.39, 0.29) is 12.1 Å². The number of aromatic nitrogens is 2. The highest BCUT2D eigenvalue weighted by molar-refractivity contribution is 6.31. The number of halogens is 1. The van der Waals surface area contributed by atoms with Crippen LogP contribution in [0.25, 0.3) is 0 Å². The smallest absolute Gasteiger partial charge is 0.0835 e. The maximum absolute atomic E-state index is 6.06. The van der Waals surface area contributed by atoms with Crippen LogP contribution < -0.4 is 5.73 Å². The summed E-state index contributed by atoms with van der Waals surface area (Å²) in [5.41, 5.74) is 6.91. The Morgan fingerprint density at radius 1 is 1.67 bits per heavy atom. The van der Waals surface area contributed by atoms with Crippen LogP contribution in [0, 0.1) is 0 Å². The maximum atomic E-state index is 6.06. The number of hydrogen-bond acceptors (Lipinski definition) is 3. The van der Waals surface area contributed by atoms with Crippen LogP contribution in [0.5, 0.6) is 0 Å². The standard InChI is InChI=1S/C10H18ClN3O/c1-4-5-14-10(8(11)6-13-14)9(12)7(2)15-3/h6-7,9H,4-5,12H2,1-3H3. The van der Waals surface area contributed by atoms with Gasteiger partial charge in [-0.05, 0) is 13.3 Å². The van der Waals surface area contributed by atoms with Crippen molar-refractivity contribution < 1.29 is 4.74 Å². The first-order valence-electron chi connectivity index (χ1n) is 5.11. The summed E-state index contributed by atoms with van der Waals surface area (Å²) in [5.74, 6) is 0. The average molecular weight is 232 g/mol. The summed E-state index contributed by atoms with van der Waals surface area (Å²) in [5, 5.41) is 4.80. The van der Waals surface area contributed by atoms with Gasteiger partial charge in [-0.2, -0.15) is 5.10 Å². The normalized spacial score (nSPS) is 15.3. The average Bonchev–Trinajstić information content (AvgIpc) is 2.58. The minimum absolute atomic E-state index is 0.0743. The minimum atomic E-state index is -0.239. The summed E-state index contributed by atoms with van der Waals surface area (Å²) in [4.78, 5) is 0. The SMILES string of the molecule is CCCn1ncc(Cl)c1C(N)C(C)OC. The van der Waals surface area contributed by atoms with Crippen molar-refractivity contribution in [3.05, 3.63) is 16.9 Å². The maximum Gasteiger partial charge on any atom is 0.0835 e. The number of nitrogens with two attached hydrogens (primary N) is 1. The summed E-state index contributed by atoms with van der Waals surface area (Å²) in [6, 6.07) is -0.239. The van der Waals surface area contributed by atoms with Crippen LogP contribution in [0.15, 0.2) is 6.20 Å². The summed E-state index contributed by atoms with van der Waals surface area (Å²) in [7, 11) is 1.64. The number of hydrogen-bond donors (Lipinski definition) is 1. The van der Waals surface area contributed by atoms with Crippen molar-refractivity contribution in [2.45, 2.75) is 39.0 Å². The third kappa shape index (κ3) is 2.71. The Hall–Kier alpha value is -0.580. The second-order valence-corrected chi connectivity index (χ2v) is 3.97. The first kappa shape index (κ1) is 12.5. The van der Waals surface area contributed by atoms with Crippen molar-refractivity contribution in [1.29, 1.82) is 0 Å². The molecule has 1 heterocycles. The Labute approximate surface area is 95.3 Å². The number of ether oxygens (including phenoxy) is 1. The molecule has 1 aromatic rings. The second kappa shape index (κ2) is 5.49. The van der Waals surface area contributed by atoms with E-state index in [1.54, 1.807) is 13.3 Å². The lowest BCUT2D eigenvalue weighted by Gasteiger charge is -2.20. The van der Waals surface area contributed by atoms with Crippen LogP contribution in [0.3, 0.4) is 0 Å². The van der Waals surface area contributed by atoms with Gasteiger partial charge in [0.25, 0.3) is 0 Å². The van der Waals surface area contributed by atoms with E-state index >= 15 is 0 Å². The molecule has 1 aromatic heterocycles. The molecule has 5 heteroatoms. The molecule has 0 aliphatic heterocycles. The molecule has 0 fully saturated rings. The topological polar surface area (TPSA) is 53.1 Å². The van der Waals surface area contributed by atoms with Crippen LogP contribution in [-0.4, -0.2) is 23.0 Å². The fraction of sp³-hybridized carbons (Fsp3) is 0.700. The zero-order valence-electron chi connectivity index (χ0n) is 9.40. The number of nitrogens with zero attached hydrogens (tertiary/aromatic N) is 2. The quantitative estimate of drug-likeness (QED) is 0.843. The van der Waals surface area contributed by atoms with Crippen molar-refractivity contribution in [2.24, 2.45) is 5.73 Å². The van der Waals surface area contributed by atoms with E-state index in [0.29, 0.717) is 5.02 Å². The molecular weight excluding hydrogens is 214 g/mol. The highest BCUT2D eigenvalue weighted by Gasteiger charge is 2.21. The molecule has 0 saturated carbocycles. The highest BCUT2D eigenvalue weighted by atomic mass is 35.5. The van der Waals surface area contributed by atoms with Crippen LogP contribution >= 0.6 is 11.6 Å². The zero-order chi connectivity index (χ0) is 11.4. The molecule has 86 valence electrons. The Kier molecular flexibility index (Phi) is 4.57. The van der Waals surface area contributed by atoms with Crippen LogP contribution in [0.4, 0.5) is 0 Å². The lowest BCUT2D eigenvalue weighted by Crippen LogP contribution is -2.28. The Morgan fingerprint density at radius 2 is 2.33 bits per heavy atom. The fourth-order valence-corrected chi connectivity index (χ4v) is 1.73. The lowest BCUT2D eigenvalue weighted by atomic mass is 10.1. The van der Waals surface area contributed by atoms with Gasteiger partial charge in [0.05, 0.1) is 29.1 Å². The molecule has 0 spiro atoms. The molecule has 0 amide bonds. The fourth-order valence-electron chi connectivity index (χ4n) is 1.46. The molecule has 2 unspecified atom stereocenters. The van der Waals surface area contributed by atoms with Crippen molar-refractivity contribution in [2.75, 3.05) is 7.11 Å². The summed E-state index contributed by atoms with van der Waals surface area (Å²) >= 11 is 6.06. The largest absolute Gasteiger partial charge is 0.380 e. The first-order valence-corrected chi connectivity index (χ1v) is 5.49. The molecule has 0 aromatic carbocycles. The Morgan fingerprint density at radius 3 is 2.87 bits per heavy atom. The summed E-state index contributed by atoms with van der Waals surface area (Å²) in [6.07, 6.45) is 2.56. The molecule has 0 radical (unpaired) electrons. The molecule has 0 saturated heterocycles.